The zero-order chi connectivity index (χ0) is 13.0. The Balaban J connectivity index is 2.21. The Hall–Kier alpha value is -1.38. The Morgan fingerprint density at radius 1 is 1.39 bits per heavy atom. The minimum atomic E-state index is -0.185. The summed E-state index contributed by atoms with van der Waals surface area (Å²) in [5.74, 6) is 0. The summed E-state index contributed by atoms with van der Waals surface area (Å²) in [4.78, 5) is 6.45. The van der Waals surface area contributed by atoms with Crippen LogP contribution in [0.15, 0.2) is 12.5 Å². The highest BCUT2D eigenvalue weighted by Gasteiger charge is 2.24. The molecular formula is C13H21N5. The van der Waals surface area contributed by atoms with Crippen LogP contribution in [0.3, 0.4) is 0 Å². The van der Waals surface area contributed by atoms with Crippen molar-refractivity contribution in [3.8, 4) is 6.07 Å². The predicted octanol–water partition coefficient (Wildman–Crippen LogP) is 1.32. The molecule has 1 aromatic heterocycles. The predicted molar refractivity (Wildman–Crippen MR) is 70.0 cm³/mol. The molecule has 0 radical (unpaired) electrons. The lowest BCUT2D eigenvalue weighted by atomic mass is 10.2. The van der Waals surface area contributed by atoms with E-state index in [4.69, 9.17) is 0 Å². The number of nitriles is 1. The van der Waals surface area contributed by atoms with E-state index in [2.05, 4.69) is 39.7 Å². The average molecular weight is 247 g/mol. The molecule has 1 aliphatic heterocycles. The van der Waals surface area contributed by atoms with Gasteiger partial charge in [0.25, 0.3) is 0 Å². The lowest BCUT2D eigenvalue weighted by Crippen LogP contribution is -2.32. The van der Waals surface area contributed by atoms with Crippen LogP contribution in [0.4, 0.5) is 0 Å². The fraction of sp³-hybridized carbons (Fsp3) is 0.692. The monoisotopic (exact) mass is 247 g/mol. The van der Waals surface area contributed by atoms with E-state index in [-0.39, 0.29) is 6.04 Å². The second-order valence-electron chi connectivity index (χ2n) is 4.99. The largest absolute Gasteiger partial charge is 0.330 e. The van der Waals surface area contributed by atoms with Gasteiger partial charge in [-0.05, 0) is 26.8 Å². The van der Waals surface area contributed by atoms with E-state index in [9.17, 15) is 5.26 Å². The van der Waals surface area contributed by atoms with Gasteiger partial charge in [-0.3, -0.25) is 4.90 Å². The van der Waals surface area contributed by atoms with Gasteiger partial charge >= 0.3 is 0 Å². The average Bonchev–Trinajstić information content (AvgIpc) is 2.67. The molecule has 1 saturated heterocycles. The first-order valence-electron chi connectivity index (χ1n) is 6.60. The van der Waals surface area contributed by atoms with Crippen LogP contribution in [0.5, 0.6) is 0 Å². The minimum absolute atomic E-state index is 0.185. The lowest BCUT2D eigenvalue weighted by molar-refractivity contribution is 0.242. The molecule has 1 N–H and O–H groups in total. The Bertz CT molecular complexity index is 409. The van der Waals surface area contributed by atoms with Gasteiger partial charge in [-0.2, -0.15) is 5.26 Å². The molecule has 0 saturated carbocycles. The van der Waals surface area contributed by atoms with Crippen molar-refractivity contribution in [3.05, 3.63) is 18.2 Å². The van der Waals surface area contributed by atoms with E-state index in [0.29, 0.717) is 6.04 Å². The van der Waals surface area contributed by atoms with Crippen LogP contribution in [-0.4, -0.2) is 40.6 Å². The third-order valence-corrected chi connectivity index (χ3v) is 3.39. The Morgan fingerprint density at radius 3 is 2.94 bits per heavy atom. The van der Waals surface area contributed by atoms with Gasteiger partial charge in [0, 0.05) is 25.7 Å². The van der Waals surface area contributed by atoms with Gasteiger partial charge in [-0.1, -0.05) is 0 Å². The molecule has 18 heavy (non-hydrogen) atoms. The van der Waals surface area contributed by atoms with Crippen LogP contribution in [-0.2, 0) is 0 Å². The summed E-state index contributed by atoms with van der Waals surface area (Å²) in [6.45, 7) is 8.11. The molecule has 0 aliphatic carbocycles. The van der Waals surface area contributed by atoms with Crippen molar-refractivity contribution in [1.82, 2.24) is 19.8 Å². The van der Waals surface area contributed by atoms with Crippen LogP contribution in [0.1, 0.15) is 38.0 Å². The van der Waals surface area contributed by atoms with Gasteiger partial charge in [0.15, 0.2) is 0 Å². The maximum Gasteiger partial charge on any atom is 0.140 e. The van der Waals surface area contributed by atoms with E-state index in [1.807, 2.05) is 12.5 Å². The highest BCUT2D eigenvalue weighted by Crippen LogP contribution is 2.23. The Kier molecular flexibility index (Phi) is 4.34. The van der Waals surface area contributed by atoms with E-state index in [0.717, 1.165) is 38.3 Å². The molecule has 0 spiro atoms. The molecule has 0 amide bonds. The summed E-state index contributed by atoms with van der Waals surface area (Å²) in [6.07, 6.45) is 4.74. The van der Waals surface area contributed by atoms with Gasteiger partial charge in [0.05, 0.1) is 24.3 Å². The molecule has 5 heteroatoms. The molecule has 1 aromatic rings. The number of imidazole rings is 1. The smallest absolute Gasteiger partial charge is 0.140 e. The van der Waals surface area contributed by atoms with Crippen molar-refractivity contribution in [2.24, 2.45) is 0 Å². The molecule has 1 aliphatic rings. The minimum Gasteiger partial charge on any atom is -0.330 e. The van der Waals surface area contributed by atoms with Crippen LogP contribution in [0, 0.1) is 11.3 Å². The molecule has 1 unspecified atom stereocenters. The van der Waals surface area contributed by atoms with Crippen molar-refractivity contribution in [3.63, 3.8) is 0 Å². The molecular weight excluding hydrogens is 226 g/mol. The second kappa shape index (κ2) is 5.98. The standard InChI is InChI=1S/C13H21N5/c1-11(2)18-10-16-9-13(18)12(8-14)17-6-3-4-15-5-7-17/h9-12,15H,3-7H2,1-2H3. The maximum atomic E-state index is 9.49. The molecule has 98 valence electrons. The molecule has 1 atom stereocenters. The van der Waals surface area contributed by atoms with Crippen molar-refractivity contribution in [2.45, 2.75) is 32.4 Å². The summed E-state index contributed by atoms with van der Waals surface area (Å²) in [5.41, 5.74) is 1.01. The fourth-order valence-corrected chi connectivity index (χ4v) is 2.42. The summed E-state index contributed by atoms with van der Waals surface area (Å²) in [5, 5.41) is 12.9. The van der Waals surface area contributed by atoms with E-state index in [1.54, 1.807) is 0 Å². The van der Waals surface area contributed by atoms with Gasteiger partial charge in [0.1, 0.15) is 6.04 Å². The fourth-order valence-electron chi connectivity index (χ4n) is 2.42. The zero-order valence-corrected chi connectivity index (χ0v) is 11.1. The lowest BCUT2D eigenvalue weighted by Gasteiger charge is -2.26. The highest BCUT2D eigenvalue weighted by atomic mass is 15.2. The van der Waals surface area contributed by atoms with Gasteiger partial charge in [-0.25, -0.2) is 4.98 Å². The third-order valence-electron chi connectivity index (χ3n) is 3.39. The highest BCUT2D eigenvalue weighted by molar-refractivity contribution is 5.15. The van der Waals surface area contributed by atoms with Crippen LogP contribution >= 0.6 is 0 Å². The quantitative estimate of drug-likeness (QED) is 0.875. The maximum absolute atomic E-state index is 9.49. The topological polar surface area (TPSA) is 56.9 Å². The number of hydrogen-bond donors (Lipinski definition) is 1. The van der Waals surface area contributed by atoms with Crippen molar-refractivity contribution in [1.29, 1.82) is 5.26 Å². The molecule has 2 heterocycles. The molecule has 1 fully saturated rings. The first kappa shape index (κ1) is 13.1. The number of nitrogens with zero attached hydrogens (tertiary/aromatic N) is 4. The van der Waals surface area contributed by atoms with Crippen molar-refractivity contribution < 1.29 is 0 Å². The number of nitrogens with one attached hydrogen (secondary N) is 1. The zero-order valence-electron chi connectivity index (χ0n) is 11.1. The normalized spacial score (nSPS) is 19.4. The SMILES string of the molecule is CC(C)n1cncc1C(C#N)N1CCCNCC1. The van der Waals surface area contributed by atoms with Crippen molar-refractivity contribution in [2.75, 3.05) is 26.2 Å². The molecule has 0 bridgehead atoms. The van der Waals surface area contributed by atoms with E-state index < -0.39 is 0 Å². The third kappa shape index (κ3) is 2.71. The van der Waals surface area contributed by atoms with E-state index in [1.165, 1.54) is 0 Å². The molecule has 5 nitrogen and oxygen atoms in total. The Morgan fingerprint density at radius 2 is 2.22 bits per heavy atom. The van der Waals surface area contributed by atoms with Crippen molar-refractivity contribution >= 4 is 0 Å². The summed E-state index contributed by atoms with van der Waals surface area (Å²) < 4.78 is 2.09. The summed E-state index contributed by atoms with van der Waals surface area (Å²) in [6, 6.07) is 2.59. The first-order valence-corrected chi connectivity index (χ1v) is 6.60. The summed E-state index contributed by atoms with van der Waals surface area (Å²) in [7, 11) is 0. The number of hydrogen-bond acceptors (Lipinski definition) is 4. The van der Waals surface area contributed by atoms with Gasteiger partial charge < -0.3 is 9.88 Å². The summed E-state index contributed by atoms with van der Waals surface area (Å²) >= 11 is 0. The van der Waals surface area contributed by atoms with Crippen LogP contribution in [0.2, 0.25) is 0 Å². The van der Waals surface area contributed by atoms with Gasteiger partial charge in [0.2, 0.25) is 0 Å². The number of rotatable bonds is 3. The van der Waals surface area contributed by atoms with Crippen LogP contribution < -0.4 is 5.32 Å². The van der Waals surface area contributed by atoms with Gasteiger partial charge in [-0.15, -0.1) is 0 Å². The van der Waals surface area contributed by atoms with Crippen LogP contribution in [0.25, 0.3) is 0 Å². The Labute approximate surface area is 108 Å². The number of aromatic nitrogens is 2. The molecule has 0 aromatic carbocycles. The van der Waals surface area contributed by atoms with E-state index >= 15 is 0 Å². The molecule has 2 rings (SSSR count). The first-order chi connectivity index (χ1) is 8.74. The second-order valence-corrected chi connectivity index (χ2v) is 4.99.